The molecule has 3 heteroatoms. The lowest BCUT2D eigenvalue weighted by Gasteiger charge is -2.05. The quantitative estimate of drug-likeness (QED) is 0.420. The molecule has 0 aliphatic heterocycles. The van der Waals surface area contributed by atoms with Gasteiger partial charge in [0.2, 0.25) is 0 Å². The molecule has 20 heavy (non-hydrogen) atoms. The van der Waals surface area contributed by atoms with Crippen molar-refractivity contribution in [3.63, 3.8) is 0 Å². The van der Waals surface area contributed by atoms with Gasteiger partial charge in [0.15, 0.2) is 6.10 Å². The largest absolute Gasteiger partial charge is 0.479 e. The second-order valence-electron chi connectivity index (χ2n) is 5.89. The monoisotopic (exact) mass is 286 g/mol. The van der Waals surface area contributed by atoms with Crippen LogP contribution in [0.15, 0.2) is 0 Å². The van der Waals surface area contributed by atoms with Gasteiger partial charge < -0.3 is 10.2 Å². The molecular formula is C17H34O3. The molecule has 0 bridgehead atoms. The van der Waals surface area contributed by atoms with E-state index in [2.05, 4.69) is 6.92 Å². The van der Waals surface area contributed by atoms with Crippen LogP contribution in [-0.2, 0) is 4.79 Å². The molecule has 2 N–H and O–H groups in total. The van der Waals surface area contributed by atoms with Gasteiger partial charge in [-0.15, -0.1) is 0 Å². The predicted molar refractivity (Wildman–Crippen MR) is 84.0 cm³/mol. The third-order valence-corrected chi connectivity index (χ3v) is 3.87. The van der Waals surface area contributed by atoms with E-state index in [-0.39, 0.29) is 0 Å². The van der Waals surface area contributed by atoms with Crippen molar-refractivity contribution in [2.45, 2.75) is 103 Å². The van der Waals surface area contributed by atoms with Crippen LogP contribution in [0.4, 0.5) is 0 Å². The van der Waals surface area contributed by atoms with Gasteiger partial charge in [-0.2, -0.15) is 0 Å². The highest BCUT2D eigenvalue weighted by atomic mass is 16.4. The number of carboxylic acid groups (broad SMARTS) is 1. The van der Waals surface area contributed by atoms with Gasteiger partial charge in [-0.25, -0.2) is 4.79 Å². The molecule has 0 unspecified atom stereocenters. The first-order chi connectivity index (χ1) is 9.68. The molecule has 0 aromatic rings. The second kappa shape index (κ2) is 14.8. The van der Waals surface area contributed by atoms with Crippen molar-refractivity contribution in [1.29, 1.82) is 0 Å². The molecular weight excluding hydrogens is 252 g/mol. The average molecular weight is 286 g/mol. The number of rotatable bonds is 15. The summed E-state index contributed by atoms with van der Waals surface area (Å²) in [6, 6.07) is 0. The first kappa shape index (κ1) is 19.4. The van der Waals surface area contributed by atoms with Crippen LogP contribution in [0.5, 0.6) is 0 Å². The van der Waals surface area contributed by atoms with Gasteiger partial charge in [0.05, 0.1) is 0 Å². The maximum absolute atomic E-state index is 10.4. The van der Waals surface area contributed by atoms with E-state index < -0.39 is 12.1 Å². The number of carboxylic acids is 1. The molecule has 0 aromatic heterocycles. The number of carbonyl (C=O) groups is 1. The Labute approximate surface area is 124 Å². The molecule has 3 nitrogen and oxygen atoms in total. The van der Waals surface area contributed by atoms with Gasteiger partial charge in [0, 0.05) is 0 Å². The van der Waals surface area contributed by atoms with Crippen LogP contribution in [0.1, 0.15) is 96.8 Å². The van der Waals surface area contributed by atoms with Crippen molar-refractivity contribution in [3.8, 4) is 0 Å². The van der Waals surface area contributed by atoms with E-state index in [0.717, 1.165) is 12.8 Å². The van der Waals surface area contributed by atoms with Crippen LogP contribution in [0, 0.1) is 0 Å². The molecule has 120 valence electrons. The van der Waals surface area contributed by atoms with Crippen molar-refractivity contribution in [3.05, 3.63) is 0 Å². The average Bonchev–Trinajstić information content (AvgIpc) is 2.43. The summed E-state index contributed by atoms with van der Waals surface area (Å²) in [6.45, 7) is 2.25. The Morgan fingerprint density at radius 2 is 1.10 bits per heavy atom. The molecule has 0 amide bonds. The van der Waals surface area contributed by atoms with Gasteiger partial charge in [-0.1, -0.05) is 90.4 Å². The minimum atomic E-state index is -1.16. The highest BCUT2D eigenvalue weighted by molar-refractivity contribution is 5.71. The third kappa shape index (κ3) is 13.9. The zero-order chi connectivity index (χ0) is 15.1. The Morgan fingerprint density at radius 3 is 1.45 bits per heavy atom. The number of unbranched alkanes of at least 4 members (excludes halogenated alkanes) is 12. The summed E-state index contributed by atoms with van der Waals surface area (Å²) in [7, 11) is 0. The van der Waals surface area contributed by atoms with Gasteiger partial charge in [-0.05, 0) is 6.42 Å². The molecule has 0 radical (unpaired) electrons. The third-order valence-electron chi connectivity index (χ3n) is 3.87. The van der Waals surface area contributed by atoms with E-state index in [1.54, 1.807) is 0 Å². The van der Waals surface area contributed by atoms with Crippen LogP contribution < -0.4 is 0 Å². The highest BCUT2D eigenvalue weighted by Crippen LogP contribution is 2.13. The maximum Gasteiger partial charge on any atom is 0.332 e. The Balaban J connectivity index is 3.04. The van der Waals surface area contributed by atoms with Crippen LogP contribution >= 0.6 is 0 Å². The molecule has 0 aliphatic carbocycles. The molecule has 0 aliphatic rings. The zero-order valence-electron chi connectivity index (χ0n) is 13.3. The molecule has 0 spiro atoms. The SMILES string of the molecule is CCCCCCCCCCCCCCC[C@H](O)C(=O)O. The highest BCUT2D eigenvalue weighted by Gasteiger charge is 2.11. The summed E-state index contributed by atoms with van der Waals surface area (Å²) in [5.41, 5.74) is 0. The fraction of sp³-hybridized carbons (Fsp3) is 0.941. The fourth-order valence-electron chi connectivity index (χ4n) is 2.48. The van der Waals surface area contributed by atoms with Gasteiger partial charge in [0.1, 0.15) is 0 Å². The lowest BCUT2D eigenvalue weighted by Crippen LogP contribution is -2.18. The molecule has 0 saturated heterocycles. The zero-order valence-corrected chi connectivity index (χ0v) is 13.3. The predicted octanol–water partition coefficient (Wildman–Crippen LogP) is 4.91. The Kier molecular flexibility index (Phi) is 14.4. The smallest absolute Gasteiger partial charge is 0.332 e. The summed E-state index contributed by atoms with van der Waals surface area (Å²) in [6.07, 6.45) is 15.8. The molecule has 0 aromatic carbocycles. The van der Waals surface area contributed by atoms with Crippen molar-refractivity contribution in [2.24, 2.45) is 0 Å². The van der Waals surface area contributed by atoms with E-state index >= 15 is 0 Å². The van der Waals surface area contributed by atoms with Gasteiger partial charge >= 0.3 is 5.97 Å². The molecule has 0 heterocycles. The summed E-state index contributed by atoms with van der Waals surface area (Å²) in [5.74, 6) is -1.09. The molecule has 1 atom stereocenters. The van der Waals surface area contributed by atoms with Crippen molar-refractivity contribution in [2.75, 3.05) is 0 Å². The first-order valence-corrected chi connectivity index (χ1v) is 8.59. The standard InChI is InChI=1S/C17H34O3/c1-2-3-4-5-6-7-8-9-10-11-12-13-14-15-16(18)17(19)20/h16,18H,2-15H2,1H3,(H,19,20)/t16-/m0/s1. The number of hydrogen-bond acceptors (Lipinski definition) is 2. The Bertz CT molecular complexity index is 216. The van der Waals surface area contributed by atoms with E-state index in [1.165, 1.54) is 70.6 Å². The van der Waals surface area contributed by atoms with E-state index in [0.29, 0.717) is 6.42 Å². The minimum Gasteiger partial charge on any atom is -0.479 e. The fourth-order valence-corrected chi connectivity index (χ4v) is 2.48. The topological polar surface area (TPSA) is 57.5 Å². The van der Waals surface area contributed by atoms with Gasteiger partial charge in [-0.3, -0.25) is 0 Å². The Morgan fingerprint density at radius 1 is 0.750 bits per heavy atom. The van der Waals surface area contributed by atoms with Crippen molar-refractivity contribution in [1.82, 2.24) is 0 Å². The van der Waals surface area contributed by atoms with Crippen LogP contribution in [0.25, 0.3) is 0 Å². The molecule has 0 saturated carbocycles. The van der Waals surface area contributed by atoms with Crippen molar-refractivity contribution < 1.29 is 15.0 Å². The summed E-state index contributed by atoms with van der Waals surface area (Å²) in [5, 5.41) is 17.6. The number of aliphatic carboxylic acids is 1. The Hall–Kier alpha value is -0.570. The summed E-state index contributed by atoms with van der Waals surface area (Å²) in [4.78, 5) is 10.4. The lowest BCUT2D eigenvalue weighted by molar-refractivity contribution is -0.146. The van der Waals surface area contributed by atoms with Crippen LogP contribution in [0.3, 0.4) is 0 Å². The lowest BCUT2D eigenvalue weighted by atomic mass is 10.0. The number of aliphatic hydroxyl groups is 1. The van der Waals surface area contributed by atoms with E-state index in [4.69, 9.17) is 10.2 Å². The normalized spacial score (nSPS) is 12.5. The molecule has 0 rings (SSSR count). The molecule has 0 fully saturated rings. The van der Waals surface area contributed by atoms with Crippen molar-refractivity contribution >= 4 is 5.97 Å². The van der Waals surface area contributed by atoms with Gasteiger partial charge in [0.25, 0.3) is 0 Å². The number of aliphatic hydroxyl groups excluding tert-OH is 1. The van der Waals surface area contributed by atoms with E-state index in [9.17, 15) is 4.79 Å². The maximum atomic E-state index is 10.4. The first-order valence-electron chi connectivity index (χ1n) is 8.59. The van der Waals surface area contributed by atoms with Crippen LogP contribution in [0.2, 0.25) is 0 Å². The minimum absolute atomic E-state index is 0.396. The summed E-state index contributed by atoms with van der Waals surface area (Å²) >= 11 is 0. The number of hydrogen-bond donors (Lipinski definition) is 2. The summed E-state index contributed by atoms with van der Waals surface area (Å²) < 4.78 is 0. The van der Waals surface area contributed by atoms with Crippen LogP contribution in [-0.4, -0.2) is 22.3 Å². The van der Waals surface area contributed by atoms with E-state index in [1.807, 2.05) is 0 Å². The second-order valence-corrected chi connectivity index (χ2v) is 5.89.